The minimum atomic E-state index is 0.537. The summed E-state index contributed by atoms with van der Waals surface area (Å²) in [5, 5.41) is 0. The lowest BCUT2D eigenvalue weighted by molar-refractivity contribution is 0.435. The van der Waals surface area contributed by atoms with Crippen LogP contribution in [0, 0.1) is 5.92 Å². The van der Waals surface area contributed by atoms with Crippen LogP contribution in [0.2, 0.25) is 0 Å². The van der Waals surface area contributed by atoms with Gasteiger partial charge in [0.15, 0.2) is 5.82 Å². The molecular formula is C17H26N4. The highest BCUT2D eigenvalue weighted by atomic mass is 15.2. The number of aromatic nitrogens is 2. The minimum absolute atomic E-state index is 0.537. The molecule has 2 N–H and O–H groups in total. The predicted octanol–water partition coefficient (Wildman–Crippen LogP) is 3.20. The van der Waals surface area contributed by atoms with Gasteiger partial charge >= 0.3 is 0 Å². The highest BCUT2D eigenvalue weighted by molar-refractivity contribution is 5.56. The van der Waals surface area contributed by atoms with Crippen LogP contribution >= 0.6 is 0 Å². The molecule has 4 nitrogen and oxygen atoms in total. The van der Waals surface area contributed by atoms with Crippen molar-refractivity contribution in [2.24, 2.45) is 11.7 Å². The van der Waals surface area contributed by atoms with Crippen molar-refractivity contribution in [2.45, 2.75) is 45.6 Å². The van der Waals surface area contributed by atoms with E-state index >= 15 is 0 Å². The van der Waals surface area contributed by atoms with Crippen molar-refractivity contribution in [3.8, 4) is 0 Å². The Morgan fingerprint density at radius 2 is 2.19 bits per heavy atom. The van der Waals surface area contributed by atoms with Crippen LogP contribution < -0.4 is 10.6 Å². The fraction of sp³-hybridized carbons (Fsp3) is 0.588. The highest BCUT2D eigenvalue weighted by Gasteiger charge is 2.21. The van der Waals surface area contributed by atoms with Crippen molar-refractivity contribution in [3.63, 3.8) is 0 Å². The van der Waals surface area contributed by atoms with E-state index in [2.05, 4.69) is 28.5 Å². The summed E-state index contributed by atoms with van der Waals surface area (Å²) in [5.74, 6) is 1.99. The Hall–Kier alpha value is -1.55. The maximum atomic E-state index is 5.99. The molecule has 0 saturated carbocycles. The smallest absolute Gasteiger partial charge is 0.152 e. The van der Waals surface area contributed by atoms with Crippen molar-refractivity contribution in [1.82, 2.24) is 9.38 Å². The number of nitrogens with two attached hydrogens (primary N) is 1. The molecule has 2 aromatic heterocycles. The van der Waals surface area contributed by atoms with Crippen molar-refractivity contribution in [2.75, 3.05) is 18.0 Å². The zero-order chi connectivity index (χ0) is 14.7. The van der Waals surface area contributed by atoms with Crippen molar-refractivity contribution in [1.29, 1.82) is 0 Å². The van der Waals surface area contributed by atoms with Gasteiger partial charge in [0.1, 0.15) is 5.65 Å². The van der Waals surface area contributed by atoms with Gasteiger partial charge in [-0.25, -0.2) is 4.98 Å². The fourth-order valence-electron chi connectivity index (χ4n) is 3.55. The first-order valence-corrected chi connectivity index (χ1v) is 8.24. The van der Waals surface area contributed by atoms with Gasteiger partial charge in [0.2, 0.25) is 0 Å². The molecule has 0 bridgehead atoms. The van der Waals surface area contributed by atoms with Gasteiger partial charge in [-0.15, -0.1) is 0 Å². The number of pyridine rings is 1. The van der Waals surface area contributed by atoms with Crippen LogP contribution in [0.25, 0.3) is 5.65 Å². The maximum absolute atomic E-state index is 5.99. The summed E-state index contributed by atoms with van der Waals surface area (Å²) in [6, 6.07) is 6.13. The third-order valence-electron chi connectivity index (χ3n) is 4.65. The quantitative estimate of drug-likeness (QED) is 0.939. The normalized spacial score (nSPS) is 19.9. The molecule has 21 heavy (non-hydrogen) atoms. The second-order valence-corrected chi connectivity index (χ2v) is 6.09. The van der Waals surface area contributed by atoms with Crippen molar-refractivity contribution < 1.29 is 0 Å². The molecule has 0 aromatic carbocycles. The molecule has 1 aliphatic heterocycles. The van der Waals surface area contributed by atoms with Crippen molar-refractivity contribution in [3.05, 3.63) is 30.1 Å². The van der Waals surface area contributed by atoms with Crippen LogP contribution in [0.4, 0.5) is 5.82 Å². The third-order valence-corrected chi connectivity index (χ3v) is 4.65. The lowest BCUT2D eigenvalue weighted by atomic mass is 9.96. The molecule has 1 saturated heterocycles. The molecule has 2 aromatic rings. The van der Waals surface area contributed by atoms with Gasteiger partial charge < -0.3 is 15.0 Å². The number of rotatable bonds is 4. The first kappa shape index (κ1) is 14.4. The molecule has 1 fully saturated rings. The van der Waals surface area contributed by atoms with Crippen molar-refractivity contribution >= 4 is 11.5 Å². The van der Waals surface area contributed by atoms with E-state index in [1.807, 2.05) is 12.1 Å². The van der Waals surface area contributed by atoms with Gasteiger partial charge in [0.05, 0.1) is 5.69 Å². The van der Waals surface area contributed by atoms with Gasteiger partial charge in [-0.1, -0.05) is 25.8 Å². The van der Waals surface area contributed by atoms with Gasteiger partial charge in [-0.05, 0) is 37.3 Å². The zero-order valence-electron chi connectivity index (χ0n) is 13.0. The largest absolute Gasteiger partial charge is 0.355 e. The van der Waals surface area contributed by atoms with Crippen LogP contribution in [-0.4, -0.2) is 22.5 Å². The summed E-state index contributed by atoms with van der Waals surface area (Å²) in [6.07, 6.45) is 8.63. The Morgan fingerprint density at radius 3 is 3.00 bits per heavy atom. The van der Waals surface area contributed by atoms with E-state index in [1.54, 1.807) is 0 Å². The molecule has 1 aliphatic rings. The summed E-state index contributed by atoms with van der Waals surface area (Å²) in [7, 11) is 0. The monoisotopic (exact) mass is 286 g/mol. The van der Waals surface area contributed by atoms with Gasteiger partial charge in [-0.2, -0.15) is 0 Å². The molecule has 0 amide bonds. The number of hydrogen-bond acceptors (Lipinski definition) is 3. The highest BCUT2D eigenvalue weighted by Crippen LogP contribution is 2.27. The van der Waals surface area contributed by atoms with E-state index in [9.17, 15) is 0 Å². The second kappa shape index (κ2) is 6.48. The topological polar surface area (TPSA) is 46.6 Å². The van der Waals surface area contributed by atoms with Gasteiger partial charge in [0, 0.05) is 25.8 Å². The van der Waals surface area contributed by atoms with E-state index in [-0.39, 0.29) is 0 Å². The molecule has 0 aliphatic carbocycles. The molecule has 0 spiro atoms. The summed E-state index contributed by atoms with van der Waals surface area (Å²) < 4.78 is 2.13. The molecule has 114 valence electrons. The molecule has 0 radical (unpaired) electrons. The number of hydrogen-bond donors (Lipinski definition) is 1. The molecule has 1 unspecified atom stereocenters. The molecule has 3 heterocycles. The van der Waals surface area contributed by atoms with Gasteiger partial charge in [0.25, 0.3) is 0 Å². The van der Waals surface area contributed by atoms with Crippen LogP contribution in [-0.2, 0) is 6.54 Å². The lowest BCUT2D eigenvalue weighted by Crippen LogP contribution is -2.26. The summed E-state index contributed by atoms with van der Waals surface area (Å²) in [6.45, 7) is 5.05. The first-order valence-electron chi connectivity index (χ1n) is 8.24. The zero-order valence-corrected chi connectivity index (χ0v) is 13.0. The molecule has 1 atom stereocenters. The predicted molar refractivity (Wildman–Crippen MR) is 87.5 cm³/mol. The summed E-state index contributed by atoms with van der Waals surface area (Å²) in [4.78, 5) is 7.28. The Labute approximate surface area is 127 Å². The molecular weight excluding hydrogens is 260 g/mol. The Balaban J connectivity index is 1.86. The summed E-state index contributed by atoms with van der Waals surface area (Å²) in [5.41, 5.74) is 8.14. The van der Waals surface area contributed by atoms with E-state index < -0.39 is 0 Å². The Morgan fingerprint density at radius 1 is 1.29 bits per heavy atom. The van der Waals surface area contributed by atoms with E-state index in [1.165, 1.54) is 32.1 Å². The number of fused-ring (bicyclic) bond motifs is 1. The molecule has 4 heteroatoms. The SMILES string of the molecule is CCCC1CCCN(c2nc3ccccn3c2CN)CC1. The van der Waals surface area contributed by atoms with Crippen LogP contribution in [0.1, 0.15) is 44.7 Å². The fourth-order valence-corrected chi connectivity index (χ4v) is 3.55. The van der Waals surface area contributed by atoms with E-state index in [0.29, 0.717) is 6.54 Å². The second-order valence-electron chi connectivity index (χ2n) is 6.09. The average Bonchev–Trinajstić information content (AvgIpc) is 2.72. The minimum Gasteiger partial charge on any atom is -0.355 e. The van der Waals surface area contributed by atoms with Crippen LogP contribution in [0.3, 0.4) is 0 Å². The summed E-state index contributed by atoms with van der Waals surface area (Å²) >= 11 is 0. The van der Waals surface area contributed by atoms with E-state index in [4.69, 9.17) is 10.7 Å². The van der Waals surface area contributed by atoms with Crippen LogP contribution in [0.5, 0.6) is 0 Å². The Kier molecular flexibility index (Phi) is 4.44. The van der Waals surface area contributed by atoms with Crippen LogP contribution in [0.15, 0.2) is 24.4 Å². The number of imidazole rings is 1. The van der Waals surface area contributed by atoms with E-state index in [0.717, 1.165) is 36.2 Å². The lowest BCUT2D eigenvalue weighted by Gasteiger charge is -2.21. The number of anilines is 1. The van der Waals surface area contributed by atoms with Gasteiger partial charge in [-0.3, -0.25) is 0 Å². The standard InChI is InChI=1S/C17H26N4/c1-2-6-14-7-5-10-20(12-9-14)17-15(13-18)21-11-4-3-8-16(21)19-17/h3-4,8,11,14H,2,5-7,9-10,12-13,18H2,1H3. The Bertz CT molecular complexity index is 589. The maximum Gasteiger partial charge on any atom is 0.152 e. The molecule has 3 rings (SSSR count). The number of nitrogens with zero attached hydrogens (tertiary/aromatic N) is 3. The first-order chi connectivity index (χ1) is 10.3. The average molecular weight is 286 g/mol. The third kappa shape index (κ3) is 2.91.